The zero-order chi connectivity index (χ0) is 16.5. The maximum absolute atomic E-state index is 9.65. The molecule has 0 unspecified atom stereocenters. The average Bonchev–Trinajstić information content (AvgIpc) is 2.23. The highest BCUT2D eigenvalue weighted by Crippen LogP contribution is 2.20. The molecule has 0 heterocycles. The van der Waals surface area contributed by atoms with Crippen LogP contribution in [0.25, 0.3) is 0 Å². The van der Waals surface area contributed by atoms with Crippen LogP contribution < -0.4 is 10.6 Å². The van der Waals surface area contributed by atoms with E-state index in [0.717, 1.165) is 5.19 Å². The van der Waals surface area contributed by atoms with Crippen molar-refractivity contribution in [3.8, 4) is 0 Å². The summed E-state index contributed by atoms with van der Waals surface area (Å²) < 4.78 is 12.9. The molecule has 2 N–H and O–H groups in total. The summed E-state index contributed by atoms with van der Waals surface area (Å²) in [5, 5.41) is 20.1. The molecule has 0 saturated heterocycles. The smallest absolute Gasteiger partial charge is 0.433 e. The standard InChI is InChI=1S/C13H27BO4Si3/c1-19(2,3)17-21(7,18-20(4,5)6)13-11-9-8-10-12(13)14(15)16/h8-11,15-16H,1-7H3. The monoisotopic (exact) mass is 342 g/mol. The minimum absolute atomic E-state index is 0.489. The van der Waals surface area contributed by atoms with Gasteiger partial charge in [0.25, 0.3) is 0 Å². The molecular formula is C13H27BO4Si3. The van der Waals surface area contributed by atoms with Gasteiger partial charge in [0.05, 0.1) is 0 Å². The van der Waals surface area contributed by atoms with Crippen LogP contribution in [0.15, 0.2) is 24.3 Å². The quantitative estimate of drug-likeness (QED) is 0.766. The summed E-state index contributed by atoms with van der Waals surface area (Å²) in [7, 11) is -7.89. The topological polar surface area (TPSA) is 58.9 Å². The molecular weight excluding hydrogens is 315 g/mol. The largest absolute Gasteiger partial charge is 0.488 e. The van der Waals surface area contributed by atoms with Gasteiger partial charge in [0.15, 0.2) is 16.6 Å². The lowest BCUT2D eigenvalue weighted by Crippen LogP contribution is -2.65. The van der Waals surface area contributed by atoms with Crippen molar-refractivity contribution in [3.63, 3.8) is 0 Å². The van der Waals surface area contributed by atoms with Crippen molar-refractivity contribution < 1.29 is 18.3 Å². The Hall–Kier alpha value is -0.224. The lowest BCUT2D eigenvalue weighted by molar-refractivity contribution is 0.403. The second kappa shape index (κ2) is 6.49. The van der Waals surface area contributed by atoms with E-state index in [-0.39, 0.29) is 0 Å². The maximum Gasteiger partial charge on any atom is 0.488 e. The molecule has 0 atom stereocenters. The van der Waals surface area contributed by atoms with E-state index < -0.39 is 32.3 Å². The van der Waals surface area contributed by atoms with E-state index in [1.807, 2.05) is 18.7 Å². The average molecular weight is 342 g/mol. The van der Waals surface area contributed by atoms with Crippen molar-refractivity contribution in [1.29, 1.82) is 0 Å². The van der Waals surface area contributed by atoms with Crippen LogP contribution in [-0.2, 0) is 8.23 Å². The first kappa shape index (κ1) is 18.8. The van der Waals surface area contributed by atoms with Gasteiger partial charge in [-0.1, -0.05) is 24.3 Å². The molecule has 0 aliphatic carbocycles. The highest BCUT2D eigenvalue weighted by molar-refractivity contribution is 6.96. The molecule has 0 aromatic heterocycles. The fraction of sp³-hybridized carbons (Fsp3) is 0.538. The molecule has 1 aromatic carbocycles. The van der Waals surface area contributed by atoms with Gasteiger partial charge in [-0.2, -0.15) is 0 Å². The Kier molecular flexibility index (Phi) is 5.82. The Morgan fingerprint density at radius 1 is 0.810 bits per heavy atom. The Bertz CT molecular complexity index is 467. The fourth-order valence-corrected chi connectivity index (χ4v) is 14.3. The molecule has 21 heavy (non-hydrogen) atoms. The van der Waals surface area contributed by atoms with Gasteiger partial charge in [0.1, 0.15) is 0 Å². The molecule has 0 amide bonds. The number of hydrogen-bond acceptors (Lipinski definition) is 4. The van der Waals surface area contributed by atoms with Crippen LogP contribution in [0.3, 0.4) is 0 Å². The van der Waals surface area contributed by atoms with Crippen molar-refractivity contribution in [2.24, 2.45) is 0 Å². The van der Waals surface area contributed by atoms with Crippen LogP contribution in [-0.4, -0.2) is 42.4 Å². The second-order valence-electron chi connectivity index (χ2n) is 7.34. The van der Waals surface area contributed by atoms with E-state index in [1.165, 1.54) is 0 Å². The van der Waals surface area contributed by atoms with Crippen LogP contribution in [0.2, 0.25) is 45.8 Å². The molecule has 118 valence electrons. The third-order valence-corrected chi connectivity index (χ3v) is 12.2. The summed E-state index contributed by atoms with van der Waals surface area (Å²) in [5.41, 5.74) is 0.489. The summed E-state index contributed by atoms with van der Waals surface area (Å²) >= 11 is 0. The summed E-state index contributed by atoms with van der Waals surface area (Å²) in [6, 6.07) is 7.33. The Morgan fingerprint density at radius 2 is 1.24 bits per heavy atom. The van der Waals surface area contributed by atoms with Crippen molar-refractivity contribution in [1.82, 2.24) is 0 Å². The summed E-state index contributed by atoms with van der Waals surface area (Å²) in [5.74, 6) is 0. The van der Waals surface area contributed by atoms with Crippen molar-refractivity contribution in [2.75, 3.05) is 0 Å². The molecule has 4 nitrogen and oxygen atoms in total. The van der Waals surface area contributed by atoms with Crippen molar-refractivity contribution in [3.05, 3.63) is 24.3 Å². The van der Waals surface area contributed by atoms with E-state index in [1.54, 1.807) is 12.1 Å². The summed E-state index contributed by atoms with van der Waals surface area (Å²) in [6.07, 6.45) is 0. The first-order valence-corrected chi connectivity index (χ1v) is 16.3. The molecule has 0 saturated carbocycles. The molecule has 0 aliphatic rings. The fourth-order valence-electron chi connectivity index (χ4n) is 2.44. The third kappa shape index (κ3) is 5.82. The summed E-state index contributed by atoms with van der Waals surface area (Å²) in [4.78, 5) is 0. The second-order valence-corrected chi connectivity index (χ2v) is 19.8. The van der Waals surface area contributed by atoms with Gasteiger partial charge in [-0.25, -0.2) is 0 Å². The van der Waals surface area contributed by atoms with Crippen LogP contribution in [0, 0.1) is 0 Å². The van der Waals surface area contributed by atoms with E-state index in [2.05, 4.69) is 39.3 Å². The van der Waals surface area contributed by atoms with Gasteiger partial charge in [-0.05, 0) is 56.5 Å². The lowest BCUT2D eigenvalue weighted by atomic mass is 9.80. The van der Waals surface area contributed by atoms with Gasteiger partial charge < -0.3 is 18.3 Å². The normalized spacial score (nSPS) is 13.4. The van der Waals surface area contributed by atoms with Crippen molar-refractivity contribution in [2.45, 2.75) is 45.8 Å². The zero-order valence-corrected chi connectivity index (χ0v) is 17.1. The Morgan fingerprint density at radius 3 is 1.62 bits per heavy atom. The first-order chi connectivity index (χ1) is 9.34. The molecule has 0 aliphatic heterocycles. The van der Waals surface area contributed by atoms with Crippen LogP contribution in [0.5, 0.6) is 0 Å². The first-order valence-electron chi connectivity index (χ1n) is 7.20. The van der Waals surface area contributed by atoms with Gasteiger partial charge in [-0.3, -0.25) is 0 Å². The van der Waals surface area contributed by atoms with Gasteiger partial charge in [0.2, 0.25) is 0 Å². The van der Waals surface area contributed by atoms with Crippen LogP contribution >= 0.6 is 0 Å². The van der Waals surface area contributed by atoms with Gasteiger partial charge in [-0.15, -0.1) is 0 Å². The third-order valence-electron chi connectivity index (χ3n) is 2.73. The zero-order valence-electron chi connectivity index (χ0n) is 14.1. The van der Waals surface area contributed by atoms with Crippen molar-refractivity contribution >= 4 is 43.0 Å². The predicted octanol–water partition coefficient (Wildman–Crippen LogP) is 1.35. The Balaban J connectivity index is 3.37. The van der Waals surface area contributed by atoms with Crippen LogP contribution in [0.1, 0.15) is 0 Å². The SMILES string of the molecule is C[Si](C)(C)O[Si](C)(O[Si](C)(C)C)c1ccccc1B(O)O. The maximum atomic E-state index is 9.65. The van der Waals surface area contributed by atoms with E-state index >= 15 is 0 Å². The van der Waals surface area contributed by atoms with Crippen LogP contribution in [0.4, 0.5) is 0 Å². The molecule has 1 aromatic rings. The highest BCUT2D eigenvalue weighted by atomic mass is 28.5. The molecule has 0 spiro atoms. The number of benzene rings is 1. The number of rotatable bonds is 6. The lowest BCUT2D eigenvalue weighted by Gasteiger charge is -2.39. The highest BCUT2D eigenvalue weighted by Gasteiger charge is 2.44. The van der Waals surface area contributed by atoms with Gasteiger partial charge in [0, 0.05) is 0 Å². The molecule has 0 radical (unpaired) electrons. The van der Waals surface area contributed by atoms with E-state index in [4.69, 9.17) is 8.23 Å². The van der Waals surface area contributed by atoms with Gasteiger partial charge >= 0.3 is 15.7 Å². The van der Waals surface area contributed by atoms with E-state index in [0.29, 0.717) is 5.46 Å². The minimum Gasteiger partial charge on any atom is -0.433 e. The predicted molar refractivity (Wildman–Crippen MR) is 96.4 cm³/mol. The molecule has 0 fully saturated rings. The Labute approximate surface area is 131 Å². The molecule has 1 rings (SSSR count). The minimum atomic E-state index is -2.70. The summed E-state index contributed by atoms with van der Waals surface area (Å²) in [6.45, 7) is 14.8. The molecule has 0 bridgehead atoms. The van der Waals surface area contributed by atoms with E-state index in [9.17, 15) is 10.0 Å². The molecule has 8 heteroatoms. The number of hydrogen-bond donors (Lipinski definition) is 2.